The minimum Gasteiger partial charge on any atom is -0.290 e. The van der Waals surface area contributed by atoms with E-state index in [2.05, 4.69) is 58.6 Å². The second-order valence-electron chi connectivity index (χ2n) is 6.20. The zero-order valence-electron chi connectivity index (χ0n) is 13.6. The summed E-state index contributed by atoms with van der Waals surface area (Å²) in [6, 6.07) is 20.9. The molecule has 5 heteroatoms. The quantitative estimate of drug-likeness (QED) is 0.740. The first-order chi connectivity index (χ1) is 11.8. The molecule has 2 unspecified atom stereocenters. The topological polar surface area (TPSA) is 43.2 Å². The van der Waals surface area contributed by atoms with Gasteiger partial charge in [-0.05, 0) is 11.1 Å². The fourth-order valence-electron chi connectivity index (χ4n) is 3.50. The number of benzene rings is 2. The van der Waals surface area contributed by atoms with Crippen molar-refractivity contribution in [2.24, 2.45) is 0 Å². The summed E-state index contributed by atoms with van der Waals surface area (Å²) >= 11 is 0. The Labute approximate surface area is 141 Å². The molecule has 1 aliphatic rings. The van der Waals surface area contributed by atoms with Crippen LogP contribution in [0, 0.1) is 0 Å². The van der Waals surface area contributed by atoms with Crippen molar-refractivity contribution in [3.8, 4) is 0 Å². The van der Waals surface area contributed by atoms with Crippen LogP contribution in [0.5, 0.6) is 0 Å². The molecule has 0 amide bonds. The van der Waals surface area contributed by atoms with Crippen LogP contribution in [0.15, 0.2) is 73.3 Å². The number of likely N-dealkylation sites (N-methyl/N-ethyl adjacent to an activating group) is 1. The Balaban J connectivity index is 1.73. The summed E-state index contributed by atoms with van der Waals surface area (Å²) in [5, 5.41) is 6.29. The lowest BCUT2D eigenvalue weighted by Crippen LogP contribution is -2.41. The first-order valence-electron chi connectivity index (χ1n) is 8.11. The Morgan fingerprint density at radius 1 is 1.08 bits per heavy atom. The minimum absolute atomic E-state index is 0.0277. The van der Waals surface area contributed by atoms with Crippen molar-refractivity contribution in [1.82, 2.24) is 19.8 Å². The lowest BCUT2D eigenvalue weighted by molar-refractivity contribution is -0.176. The van der Waals surface area contributed by atoms with Gasteiger partial charge in [0.2, 0.25) is 0 Å². The zero-order chi connectivity index (χ0) is 16.4. The number of hydrogen-bond donors (Lipinski definition) is 0. The van der Waals surface area contributed by atoms with E-state index in [0.717, 1.165) is 6.42 Å². The molecular weight excluding hydrogens is 300 g/mol. The third kappa shape index (κ3) is 2.62. The Hall–Kier alpha value is -2.50. The molecule has 2 heterocycles. The lowest BCUT2D eigenvalue weighted by atomic mass is 9.84. The van der Waals surface area contributed by atoms with Gasteiger partial charge < -0.3 is 0 Å². The van der Waals surface area contributed by atoms with E-state index in [-0.39, 0.29) is 11.6 Å². The van der Waals surface area contributed by atoms with Crippen LogP contribution in [0.25, 0.3) is 0 Å². The molecule has 1 saturated heterocycles. The fraction of sp³-hybridized carbons (Fsp3) is 0.263. The standard InChI is InChI=1S/C19H20N4O/c1-22-19(13-23-15-20-14-21-23,17-10-6-3-7-11-17)12-18(24-22)16-8-4-2-5-9-16/h2-11,14-15,18H,12-13H2,1H3. The average molecular weight is 320 g/mol. The van der Waals surface area contributed by atoms with Gasteiger partial charge in [0.05, 0.1) is 12.1 Å². The molecule has 0 N–H and O–H groups in total. The van der Waals surface area contributed by atoms with Gasteiger partial charge in [-0.2, -0.15) is 10.2 Å². The van der Waals surface area contributed by atoms with Crippen molar-refractivity contribution in [1.29, 1.82) is 0 Å². The van der Waals surface area contributed by atoms with Crippen LogP contribution in [-0.2, 0) is 16.9 Å². The van der Waals surface area contributed by atoms with E-state index < -0.39 is 0 Å². The monoisotopic (exact) mass is 320 g/mol. The molecule has 0 radical (unpaired) electrons. The summed E-state index contributed by atoms with van der Waals surface area (Å²) in [5.41, 5.74) is 2.14. The summed E-state index contributed by atoms with van der Waals surface area (Å²) < 4.78 is 1.88. The van der Waals surface area contributed by atoms with Crippen molar-refractivity contribution >= 4 is 0 Å². The molecule has 0 saturated carbocycles. The second-order valence-corrected chi connectivity index (χ2v) is 6.20. The highest BCUT2D eigenvalue weighted by Gasteiger charge is 2.47. The summed E-state index contributed by atoms with van der Waals surface area (Å²) in [7, 11) is 2.01. The third-order valence-corrected chi connectivity index (χ3v) is 4.78. The molecule has 24 heavy (non-hydrogen) atoms. The second kappa shape index (κ2) is 6.19. The van der Waals surface area contributed by atoms with Crippen LogP contribution in [0.4, 0.5) is 0 Å². The Morgan fingerprint density at radius 2 is 1.79 bits per heavy atom. The molecule has 1 fully saturated rings. The van der Waals surface area contributed by atoms with E-state index in [1.165, 1.54) is 11.1 Å². The predicted octanol–water partition coefficient (Wildman–Crippen LogP) is 3.18. The van der Waals surface area contributed by atoms with Crippen LogP contribution >= 0.6 is 0 Å². The smallest absolute Gasteiger partial charge is 0.137 e. The van der Waals surface area contributed by atoms with Crippen LogP contribution in [0.1, 0.15) is 23.7 Å². The molecule has 0 aliphatic carbocycles. The van der Waals surface area contributed by atoms with Crippen LogP contribution in [0.3, 0.4) is 0 Å². The molecule has 4 rings (SSSR count). The molecule has 0 spiro atoms. The van der Waals surface area contributed by atoms with Gasteiger partial charge in [0.15, 0.2) is 0 Å². The van der Waals surface area contributed by atoms with E-state index >= 15 is 0 Å². The van der Waals surface area contributed by atoms with Crippen molar-refractivity contribution in [2.75, 3.05) is 7.05 Å². The SMILES string of the molecule is CN1OC(c2ccccc2)CC1(Cn1cncn1)c1ccccc1. The minimum atomic E-state index is -0.282. The maximum absolute atomic E-state index is 6.24. The number of hydrogen-bond acceptors (Lipinski definition) is 4. The molecule has 3 aromatic rings. The van der Waals surface area contributed by atoms with Crippen molar-refractivity contribution in [3.63, 3.8) is 0 Å². The fourth-order valence-corrected chi connectivity index (χ4v) is 3.50. The summed E-state index contributed by atoms with van der Waals surface area (Å²) in [6.07, 6.45) is 4.22. The molecule has 122 valence electrons. The number of aromatic nitrogens is 3. The van der Waals surface area contributed by atoms with Gasteiger partial charge in [-0.1, -0.05) is 60.7 Å². The number of nitrogens with zero attached hydrogens (tertiary/aromatic N) is 4. The van der Waals surface area contributed by atoms with Gasteiger partial charge in [-0.3, -0.25) is 9.52 Å². The Morgan fingerprint density at radius 3 is 2.46 bits per heavy atom. The summed E-state index contributed by atoms with van der Waals surface area (Å²) in [4.78, 5) is 10.3. The van der Waals surface area contributed by atoms with Gasteiger partial charge in [-0.25, -0.2) is 4.98 Å². The van der Waals surface area contributed by atoms with Crippen molar-refractivity contribution in [3.05, 3.63) is 84.4 Å². The maximum atomic E-state index is 6.24. The number of hydroxylamine groups is 2. The van der Waals surface area contributed by atoms with Crippen molar-refractivity contribution < 1.29 is 4.84 Å². The molecule has 0 bridgehead atoms. The lowest BCUT2D eigenvalue weighted by Gasteiger charge is -2.34. The molecule has 5 nitrogen and oxygen atoms in total. The Bertz CT molecular complexity index is 776. The van der Waals surface area contributed by atoms with E-state index in [9.17, 15) is 0 Å². The van der Waals surface area contributed by atoms with Crippen LogP contribution < -0.4 is 0 Å². The highest BCUT2D eigenvalue weighted by Crippen LogP contribution is 2.46. The van der Waals surface area contributed by atoms with Gasteiger partial charge in [0.25, 0.3) is 0 Å². The summed E-state index contributed by atoms with van der Waals surface area (Å²) in [5.74, 6) is 0. The highest BCUT2D eigenvalue weighted by atomic mass is 16.7. The Kier molecular flexibility index (Phi) is 3.88. The van der Waals surface area contributed by atoms with Crippen molar-refractivity contribution in [2.45, 2.75) is 24.6 Å². The van der Waals surface area contributed by atoms with Gasteiger partial charge in [-0.15, -0.1) is 0 Å². The van der Waals surface area contributed by atoms with E-state index in [0.29, 0.717) is 6.54 Å². The summed E-state index contributed by atoms with van der Waals surface area (Å²) in [6.45, 7) is 0.691. The highest BCUT2D eigenvalue weighted by molar-refractivity contribution is 5.28. The molecule has 2 atom stereocenters. The predicted molar refractivity (Wildman–Crippen MR) is 90.8 cm³/mol. The zero-order valence-corrected chi connectivity index (χ0v) is 13.6. The van der Waals surface area contributed by atoms with E-state index in [1.54, 1.807) is 12.7 Å². The largest absolute Gasteiger partial charge is 0.290 e. The normalized spacial score (nSPS) is 24.3. The first-order valence-corrected chi connectivity index (χ1v) is 8.11. The molecule has 1 aliphatic heterocycles. The van der Waals surface area contributed by atoms with Crippen LogP contribution in [-0.4, -0.2) is 26.9 Å². The molecule has 1 aromatic heterocycles. The third-order valence-electron chi connectivity index (χ3n) is 4.78. The maximum Gasteiger partial charge on any atom is 0.137 e. The van der Waals surface area contributed by atoms with Gasteiger partial charge in [0.1, 0.15) is 18.8 Å². The molecular formula is C19H20N4O. The van der Waals surface area contributed by atoms with Gasteiger partial charge in [0, 0.05) is 13.5 Å². The van der Waals surface area contributed by atoms with Crippen LogP contribution in [0.2, 0.25) is 0 Å². The van der Waals surface area contributed by atoms with Gasteiger partial charge >= 0.3 is 0 Å². The average Bonchev–Trinajstić information content (AvgIpc) is 3.26. The van der Waals surface area contributed by atoms with E-state index in [1.807, 2.05) is 28.9 Å². The molecule has 2 aromatic carbocycles. The van der Waals surface area contributed by atoms with E-state index in [4.69, 9.17) is 4.84 Å². The first kappa shape index (κ1) is 15.1. The number of rotatable bonds is 4.